The monoisotopic (exact) mass is 347 g/mol. The largest absolute Gasteiger partial charge is 0.487 e. The van der Waals surface area contributed by atoms with Gasteiger partial charge in [-0.25, -0.2) is 13.2 Å². The van der Waals surface area contributed by atoms with Crippen LogP contribution in [-0.4, -0.2) is 11.5 Å². The average molecular weight is 348 g/mol. The Labute approximate surface area is 133 Å². The number of ether oxygens (including phenoxy) is 2. The highest BCUT2D eigenvalue weighted by molar-refractivity contribution is 6.32. The summed E-state index contributed by atoms with van der Waals surface area (Å²) in [4.78, 5) is 10.2. The van der Waals surface area contributed by atoms with Crippen molar-refractivity contribution < 1.29 is 27.6 Å². The van der Waals surface area contributed by atoms with Gasteiger partial charge in [0.25, 0.3) is 0 Å². The molecule has 122 valence electrons. The quantitative estimate of drug-likeness (QED) is 0.335. The highest BCUT2D eigenvalue weighted by Crippen LogP contribution is 2.37. The van der Waals surface area contributed by atoms with Crippen molar-refractivity contribution in [3.05, 3.63) is 56.9 Å². The summed E-state index contributed by atoms with van der Waals surface area (Å²) in [6, 6.07) is 4.03. The van der Waals surface area contributed by atoms with Crippen molar-refractivity contribution in [1.29, 1.82) is 0 Å². The van der Waals surface area contributed by atoms with E-state index in [1.54, 1.807) is 6.92 Å². The summed E-state index contributed by atoms with van der Waals surface area (Å²) < 4.78 is 49.9. The lowest BCUT2D eigenvalue weighted by atomic mass is 10.2. The molecule has 0 amide bonds. The molecular formula is C14H9ClF3NO4. The predicted octanol–water partition coefficient (Wildman–Crippen LogP) is 4.86. The number of halogens is 4. The Balaban J connectivity index is 2.41. The van der Waals surface area contributed by atoms with Crippen molar-refractivity contribution in [3.63, 3.8) is 0 Å². The summed E-state index contributed by atoms with van der Waals surface area (Å²) >= 11 is 5.56. The highest BCUT2D eigenvalue weighted by atomic mass is 35.5. The van der Waals surface area contributed by atoms with Gasteiger partial charge in [0.2, 0.25) is 5.75 Å². The van der Waals surface area contributed by atoms with Gasteiger partial charge in [-0.15, -0.1) is 0 Å². The van der Waals surface area contributed by atoms with Gasteiger partial charge >= 0.3 is 5.69 Å². The second-order valence-corrected chi connectivity index (χ2v) is 4.60. The lowest BCUT2D eigenvalue weighted by Crippen LogP contribution is -1.99. The van der Waals surface area contributed by atoms with Crippen LogP contribution in [0.1, 0.15) is 6.92 Å². The molecule has 9 heteroatoms. The molecule has 2 aromatic rings. The average Bonchev–Trinajstić information content (AvgIpc) is 2.51. The van der Waals surface area contributed by atoms with Crippen molar-refractivity contribution in [3.8, 4) is 17.2 Å². The van der Waals surface area contributed by atoms with Crippen molar-refractivity contribution in [2.24, 2.45) is 0 Å². The molecule has 5 nitrogen and oxygen atoms in total. The van der Waals surface area contributed by atoms with Crippen molar-refractivity contribution in [2.45, 2.75) is 6.92 Å². The number of benzene rings is 2. The third-order valence-corrected chi connectivity index (χ3v) is 3.08. The van der Waals surface area contributed by atoms with Crippen LogP contribution in [0.3, 0.4) is 0 Å². The van der Waals surface area contributed by atoms with Gasteiger partial charge in [0.05, 0.1) is 11.5 Å². The van der Waals surface area contributed by atoms with Gasteiger partial charge in [0.1, 0.15) is 10.8 Å². The minimum atomic E-state index is -1.72. The smallest absolute Gasteiger partial charge is 0.311 e. The topological polar surface area (TPSA) is 61.6 Å². The minimum Gasteiger partial charge on any atom is -0.487 e. The lowest BCUT2D eigenvalue weighted by molar-refractivity contribution is -0.385. The van der Waals surface area contributed by atoms with E-state index < -0.39 is 33.1 Å². The molecule has 0 heterocycles. The molecule has 2 aromatic carbocycles. The molecule has 23 heavy (non-hydrogen) atoms. The summed E-state index contributed by atoms with van der Waals surface area (Å²) in [5.74, 6) is -5.37. The van der Waals surface area contributed by atoms with Gasteiger partial charge in [-0.05, 0) is 13.0 Å². The van der Waals surface area contributed by atoms with Crippen LogP contribution < -0.4 is 9.47 Å². The number of rotatable bonds is 5. The summed E-state index contributed by atoms with van der Waals surface area (Å²) in [6.45, 7) is 1.78. The van der Waals surface area contributed by atoms with Crippen molar-refractivity contribution in [2.75, 3.05) is 6.61 Å². The maximum absolute atomic E-state index is 13.4. The molecule has 0 unspecified atom stereocenters. The molecule has 0 aliphatic rings. The van der Waals surface area contributed by atoms with Crippen LogP contribution in [0.5, 0.6) is 17.2 Å². The minimum absolute atomic E-state index is 0.0219. The van der Waals surface area contributed by atoms with Gasteiger partial charge in [-0.3, -0.25) is 10.1 Å². The third kappa shape index (κ3) is 3.48. The zero-order chi connectivity index (χ0) is 17.1. The first-order chi connectivity index (χ1) is 10.8. The molecule has 0 spiro atoms. The van der Waals surface area contributed by atoms with Crippen LogP contribution >= 0.6 is 11.6 Å². The Kier molecular flexibility index (Phi) is 4.95. The van der Waals surface area contributed by atoms with Crippen LogP contribution in [0.2, 0.25) is 5.02 Å². The molecule has 0 bridgehead atoms. The second-order valence-electron chi connectivity index (χ2n) is 4.22. The summed E-state index contributed by atoms with van der Waals surface area (Å²) in [5, 5.41) is 10.1. The molecule has 0 aliphatic carbocycles. The fourth-order valence-corrected chi connectivity index (χ4v) is 1.91. The van der Waals surface area contributed by atoms with E-state index in [0.29, 0.717) is 6.07 Å². The highest BCUT2D eigenvalue weighted by Gasteiger charge is 2.20. The fraction of sp³-hybridized carbons (Fsp3) is 0.143. The van der Waals surface area contributed by atoms with E-state index >= 15 is 0 Å². The zero-order valence-electron chi connectivity index (χ0n) is 11.6. The maximum atomic E-state index is 13.4. The molecule has 0 atom stereocenters. The van der Waals surface area contributed by atoms with Crippen molar-refractivity contribution in [1.82, 2.24) is 0 Å². The van der Waals surface area contributed by atoms with Crippen LogP contribution in [0, 0.1) is 27.6 Å². The standard InChI is InChI=1S/C14H9ClF3NO4/c1-2-22-10-5-7(3-4-9(10)19(20)21)23-11-6-8(16)13(17)14(18)12(11)15/h3-6H,2H2,1H3. The van der Waals surface area contributed by atoms with Crippen LogP contribution in [0.25, 0.3) is 0 Å². The van der Waals surface area contributed by atoms with Gasteiger partial charge < -0.3 is 9.47 Å². The molecule has 0 N–H and O–H groups in total. The molecule has 0 aliphatic heterocycles. The molecule has 0 aromatic heterocycles. The summed E-state index contributed by atoms with van der Waals surface area (Å²) in [6.07, 6.45) is 0. The first-order valence-electron chi connectivity index (χ1n) is 6.27. The van der Waals surface area contributed by atoms with Gasteiger partial charge in [0.15, 0.2) is 23.2 Å². The lowest BCUT2D eigenvalue weighted by Gasteiger charge is -2.11. The van der Waals surface area contributed by atoms with E-state index in [1.165, 1.54) is 6.07 Å². The second kappa shape index (κ2) is 6.74. The van der Waals surface area contributed by atoms with E-state index in [2.05, 4.69) is 0 Å². The summed E-state index contributed by atoms with van der Waals surface area (Å²) in [7, 11) is 0. The fourth-order valence-electron chi connectivity index (χ4n) is 1.73. The number of nitro benzene ring substituents is 1. The number of hydrogen-bond acceptors (Lipinski definition) is 4. The molecule has 0 radical (unpaired) electrons. The number of nitrogens with zero attached hydrogens (tertiary/aromatic N) is 1. The zero-order valence-corrected chi connectivity index (χ0v) is 12.4. The Bertz CT molecular complexity index is 770. The van der Waals surface area contributed by atoms with Crippen LogP contribution in [-0.2, 0) is 0 Å². The Morgan fingerprint density at radius 3 is 2.48 bits per heavy atom. The van der Waals surface area contributed by atoms with Gasteiger partial charge in [0, 0.05) is 18.2 Å². The normalized spacial score (nSPS) is 10.5. The van der Waals surface area contributed by atoms with E-state index in [1.807, 2.05) is 0 Å². The molecular weight excluding hydrogens is 339 g/mol. The van der Waals surface area contributed by atoms with Crippen LogP contribution in [0.4, 0.5) is 18.9 Å². The SMILES string of the molecule is CCOc1cc(Oc2cc(F)c(F)c(F)c2Cl)ccc1[N+](=O)[O-]. The molecule has 2 rings (SSSR count). The van der Waals surface area contributed by atoms with E-state index in [4.69, 9.17) is 21.1 Å². The van der Waals surface area contributed by atoms with E-state index in [9.17, 15) is 23.3 Å². The van der Waals surface area contributed by atoms with E-state index in [-0.39, 0.29) is 23.8 Å². The van der Waals surface area contributed by atoms with Gasteiger partial charge in [-0.1, -0.05) is 11.6 Å². The first kappa shape index (κ1) is 16.9. The Hall–Kier alpha value is -2.48. The Morgan fingerprint density at radius 1 is 1.17 bits per heavy atom. The van der Waals surface area contributed by atoms with Crippen molar-refractivity contribution >= 4 is 17.3 Å². The molecule has 0 fully saturated rings. The van der Waals surface area contributed by atoms with Crippen LogP contribution in [0.15, 0.2) is 24.3 Å². The number of hydrogen-bond donors (Lipinski definition) is 0. The molecule has 0 saturated heterocycles. The third-order valence-electron chi connectivity index (χ3n) is 2.72. The predicted molar refractivity (Wildman–Crippen MR) is 75.7 cm³/mol. The van der Waals surface area contributed by atoms with Gasteiger partial charge in [-0.2, -0.15) is 0 Å². The molecule has 0 saturated carbocycles. The number of nitro groups is 1. The van der Waals surface area contributed by atoms with E-state index in [0.717, 1.165) is 12.1 Å². The first-order valence-corrected chi connectivity index (χ1v) is 6.65. The Morgan fingerprint density at radius 2 is 1.87 bits per heavy atom. The maximum Gasteiger partial charge on any atom is 0.311 e. The summed E-state index contributed by atoms with van der Waals surface area (Å²) in [5.41, 5.74) is -0.304.